The molecule has 0 saturated heterocycles. The highest BCUT2D eigenvalue weighted by Gasteiger charge is 2.05. The van der Waals surface area contributed by atoms with E-state index in [0.717, 1.165) is 24.5 Å². The molecule has 1 aromatic heterocycles. The van der Waals surface area contributed by atoms with E-state index in [-0.39, 0.29) is 0 Å². The van der Waals surface area contributed by atoms with E-state index in [9.17, 15) is 0 Å². The van der Waals surface area contributed by atoms with E-state index < -0.39 is 0 Å². The molecule has 0 saturated carbocycles. The molecule has 0 radical (unpaired) electrons. The summed E-state index contributed by atoms with van der Waals surface area (Å²) in [5.74, 6) is 1.90. The van der Waals surface area contributed by atoms with E-state index >= 15 is 0 Å². The normalized spacial score (nSPS) is 10.6. The van der Waals surface area contributed by atoms with E-state index in [1.54, 1.807) is 0 Å². The van der Waals surface area contributed by atoms with Gasteiger partial charge in [0.05, 0.1) is 6.54 Å². The topological polar surface area (TPSA) is 42.7 Å². The molecule has 0 aliphatic heterocycles. The molecular formula is C14H20N4. The summed E-state index contributed by atoms with van der Waals surface area (Å²) in [6.07, 6.45) is 2.25. The van der Waals surface area contributed by atoms with Gasteiger partial charge in [-0.15, -0.1) is 10.2 Å². The number of nitrogens with zero attached hydrogens (tertiary/aromatic N) is 3. The van der Waals surface area contributed by atoms with Crippen molar-refractivity contribution >= 4 is 5.69 Å². The van der Waals surface area contributed by atoms with Crippen molar-refractivity contribution in [3.8, 4) is 0 Å². The van der Waals surface area contributed by atoms with Crippen LogP contribution < -0.4 is 5.32 Å². The van der Waals surface area contributed by atoms with Crippen LogP contribution in [-0.4, -0.2) is 14.8 Å². The standard InChI is InChI=1S/C14H20N4/c1-4-7-12-8-5-6-9-13(12)15-10-14-17-16-11(2)18(14)3/h5-6,8-9,15H,4,7,10H2,1-3H3. The van der Waals surface area contributed by atoms with Gasteiger partial charge in [-0.2, -0.15) is 0 Å². The number of aromatic nitrogens is 3. The third-order valence-corrected chi connectivity index (χ3v) is 3.16. The van der Waals surface area contributed by atoms with E-state index in [1.165, 1.54) is 11.3 Å². The minimum Gasteiger partial charge on any atom is -0.378 e. The summed E-state index contributed by atoms with van der Waals surface area (Å²) < 4.78 is 2.01. The molecule has 1 heterocycles. The molecule has 2 aromatic rings. The van der Waals surface area contributed by atoms with Crippen molar-refractivity contribution in [3.05, 3.63) is 41.5 Å². The van der Waals surface area contributed by atoms with E-state index in [0.29, 0.717) is 6.54 Å². The van der Waals surface area contributed by atoms with Gasteiger partial charge < -0.3 is 9.88 Å². The fraction of sp³-hybridized carbons (Fsp3) is 0.429. The minimum atomic E-state index is 0.706. The summed E-state index contributed by atoms with van der Waals surface area (Å²) in [6.45, 7) is 4.86. The molecule has 0 spiro atoms. The molecule has 0 aliphatic carbocycles. The summed E-state index contributed by atoms with van der Waals surface area (Å²) in [7, 11) is 1.99. The van der Waals surface area contributed by atoms with Crippen LogP contribution >= 0.6 is 0 Å². The lowest BCUT2D eigenvalue weighted by Crippen LogP contribution is -2.08. The maximum atomic E-state index is 4.16. The monoisotopic (exact) mass is 244 g/mol. The fourth-order valence-corrected chi connectivity index (χ4v) is 1.96. The molecule has 0 amide bonds. The Morgan fingerprint density at radius 2 is 2.00 bits per heavy atom. The number of nitrogens with one attached hydrogen (secondary N) is 1. The molecule has 1 N–H and O–H groups in total. The van der Waals surface area contributed by atoms with Crippen LogP contribution in [0.2, 0.25) is 0 Å². The second-order valence-corrected chi connectivity index (χ2v) is 4.48. The van der Waals surface area contributed by atoms with Gasteiger partial charge in [-0.05, 0) is 25.0 Å². The highest BCUT2D eigenvalue weighted by Crippen LogP contribution is 2.17. The summed E-state index contributed by atoms with van der Waals surface area (Å²) >= 11 is 0. The Kier molecular flexibility index (Phi) is 3.97. The lowest BCUT2D eigenvalue weighted by atomic mass is 10.1. The van der Waals surface area contributed by atoms with Gasteiger partial charge in [0.15, 0.2) is 5.82 Å². The van der Waals surface area contributed by atoms with Crippen LogP contribution in [0.4, 0.5) is 5.69 Å². The van der Waals surface area contributed by atoms with E-state index in [2.05, 4.69) is 46.7 Å². The average Bonchev–Trinajstić information content (AvgIpc) is 2.70. The zero-order valence-electron chi connectivity index (χ0n) is 11.3. The Hall–Kier alpha value is -1.84. The second kappa shape index (κ2) is 5.67. The first-order valence-corrected chi connectivity index (χ1v) is 6.39. The number of rotatable bonds is 5. The van der Waals surface area contributed by atoms with Crippen molar-refractivity contribution in [1.29, 1.82) is 0 Å². The number of anilines is 1. The van der Waals surface area contributed by atoms with Crippen molar-refractivity contribution in [2.75, 3.05) is 5.32 Å². The number of para-hydroxylation sites is 1. The van der Waals surface area contributed by atoms with Crippen LogP contribution in [0, 0.1) is 6.92 Å². The van der Waals surface area contributed by atoms with Crippen LogP contribution in [0.3, 0.4) is 0 Å². The predicted molar refractivity (Wildman–Crippen MR) is 73.5 cm³/mol. The van der Waals surface area contributed by atoms with Gasteiger partial charge >= 0.3 is 0 Å². The molecule has 0 unspecified atom stereocenters. The van der Waals surface area contributed by atoms with Crippen molar-refractivity contribution in [2.45, 2.75) is 33.2 Å². The predicted octanol–water partition coefficient (Wildman–Crippen LogP) is 2.69. The average molecular weight is 244 g/mol. The van der Waals surface area contributed by atoms with Crippen LogP contribution in [-0.2, 0) is 20.0 Å². The second-order valence-electron chi connectivity index (χ2n) is 4.48. The van der Waals surface area contributed by atoms with Crippen LogP contribution in [0.5, 0.6) is 0 Å². The zero-order valence-corrected chi connectivity index (χ0v) is 11.3. The first-order chi connectivity index (χ1) is 8.72. The highest BCUT2D eigenvalue weighted by molar-refractivity contribution is 5.51. The summed E-state index contributed by atoms with van der Waals surface area (Å²) in [6, 6.07) is 8.44. The first kappa shape index (κ1) is 12.6. The van der Waals surface area contributed by atoms with Gasteiger partial charge in [0.1, 0.15) is 5.82 Å². The van der Waals surface area contributed by atoms with Crippen LogP contribution in [0.1, 0.15) is 30.6 Å². The van der Waals surface area contributed by atoms with Gasteiger partial charge in [-0.1, -0.05) is 31.5 Å². The van der Waals surface area contributed by atoms with Gasteiger partial charge in [-0.3, -0.25) is 0 Å². The Morgan fingerprint density at radius 1 is 1.22 bits per heavy atom. The molecule has 4 heteroatoms. The molecule has 1 aromatic carbocycles. The lowest BCUT2D eigenvalue weighted by Gasteiger charge is -2.11. The van der Waals surface area contributed by atoms with Crippen molar-refractivity contribution in [1.82, 2.24) is 14.8 Å². The molecule has 18 heavy (non-hydrogen) atoms. The van der Waals surface area contributed by atoms with E-state index in [1.807, 2.05) is 18.5 Å². The summed E-state index contributed by atoms with van der Waals surface area (Å²) in [5.41, 5.74) is 2.55. The van der Waals surface area contributed by atoms with Gasteiger partial charge in [0.25, 0.3) is 0 Å². The van der Waals surface area contributed by atoms with E-state index in [4.69, 9.17) is 0 Å². The molecule has 96 valence electrons. The Morgan fingerprint density at radius 3 is 2.67 bits per heavy atom. The third-order valence-electron chi connectivity index (χ3n) is 3.16. The number of hydrogen-bond acceptors (Lipinski definition) is 3. The SMILES string of the molecule is CCCc1ccccc1NCc1nnc(C)n1C. The highest BCUT2D eigenvalue weighted by atomic mass is 15.3. The molecule has 0 atom stereocenters. The molecule has 0 fully saturated rings. The lowest BCUT2D eigenvalue weighted by molar-refractivity contribution is 0.788. The van der Waals surface area contributed by atoms with Crippen LogP contribution in [0.15, 0.2) is 24.3 Å². The largest absolute Gasteiger partial charge is 0.378 e. The quantitative estimate of drug-likeness (QED) is 0.879. The fourth-order valence-electron chi connectivity index (χ4n) is 1.96. The molecule has 2 rings (SSSR count). The van der Waals surface area contributed by atoms with Crippen molar-refractivity contribution in [2.24, 2.45) is 7.05 Å². The molecular weight excluding hydrogens is 224 g/mol. The van der Waals surface area contributed by atoms with Crippen molar-refractivity contribution in [3.63, 3.8) is 0 Å². The zero-order chi connectivity index (χ0) is 13.0. The maximum Gasteiger partial charge on any atom is 0.152 e. The smallest absolute Gasteiger partial charge is 0.152 e. The van der Waals surface area contributed by atoms with Gasteiger partial charge in [0.2, 0.25) is 0 Å². The first-order valence-electron chi connectivity index (χ1n) is 6.39. The summed E-state index contributed by atoms with van der Waals surface area (Å²) in [5, 5.41) is 11.7. The maximum absolute atomic E-state index is 4.16. The van der Waals surface area contributed by atoms with Crippen molar-refractivity contribution < 1.29 is 0 Å². The Labute approximate surface area is 108 Å². The Bertz CT molecular complexity index is 516. The number of benzene rings is 1. The minimum absolute atomic E-state index is 0.706. The molecule has 0 bridgehead atoms. The number of aryl methyl sites for hydroxylation is 2. The molecule has 0 aliphatic rings. The van der Waals surface area contributed by atoms with Gasteiger partial charge in [0, 0.05) is 12.7 Å². The Balaban J connectivity index is 2.08. The number of hydrogen-bond donors (Lipinski definition) is 1. The summed E-state index contributed by atoms with van der Waals surface area (Å²) in [4.78, 5) is 0. The van der Waals surface area contributed by atoms with Gasteiger partial charge in [-0.25, -0.2) is 0 Å². The molecule has 4 nitrogen and oxygen atoms in total. The van der Waals surface area contributed by atoms with Crippen LogP contribution in [0.25, 0.3) is 0 Å². The third kappa shape index (κ3) is 2.70.